The van der Waals surface area contributed by atoms with E-state index in [9.17, 15) is 5.26 Å². The molecule has 4 nitrogen and oxygen atoms in total. The quantitative estimate of drug-likeness (QED) is 0.182. The third-order valence-corrected chi connectivity index (χ3v) is 9.79. The Hall–Kier alpha value is -6.02. The van der Waals surface area contributed by atoms with Gasteiger partial charge in [0.1, 0.15) is 12.0 Å². The van der Waals surface area contributed by atoms with Crippen molar-refractivity contribution >= 4 is 16.6 Å². The van der Waals surface area contributed by atoms with Gasteiger partial charge in [-0.1, -0.05) is 123 Å². The Morgan fingerprint density at radius 3 is 1.90 bits per heavy atom. The first-order chi connectivity index (χ1) is 23.4. The van der Waals surface area contributed by atoms with Gasteiger partial charge in [0.2, 0.25) is 0 Å². The number of nitrogens with two attached hydrogens (primary N) is 1. The van der Waals surface area contributed by atoms with Crippen molar-refractivity contribution in [3.8, 4) is 50.6 Å². The molecule has 0 fully saturated rings. The van der Waals surface area contributed by atoms with Crippen LogP contribution in [0.25, 0.3) is 55.3 Å². The van der Waals surface area contributed by atoms with Crippen LogP contribution in [0.15, 0.2) is 146 Å². The van der Waals surface area contributed by atoms with Gasteiger partial charge >= 0.3 is 0 Å². The highest BCUT2D eigenvalue weighted by molar-refractivity contribution is 6.04. The fourth-order valence-electron chi connectivity index (χ4n) is 7.18. The molecule has 1 aromatic heterocycles. The van der Waals surface area contributed by atoms with Gasteiger partial charge in [-0.3, -0.25) is 0 Å². The summed E-state index contributed by atoms with van der Waals surface area (Å²) in [6.07, 6.45) is 1.48. The Morgan fingerprint density at radius 1 is 0.604 bits per heavy atom. The second-order valence-electron chi connectivity index (χ2n) is 13.0. The third kappa shape index (κ3) is 5.02. The lowest BCUT2D eigenvalue weighted by molar-refractivity contribution is 0.660. The van der Waals surface area contributed by atoms with Crippen molar-refractivity contribution in [3.05, 3.63) is 168 Å². The molecule has 3 N–H and O–H groups in total. The summed E-state index contributed by atoms with van der Waals surface area (Å²) >= 11 is 0. The average molecular weight is 619 g/mol. The van der Waals surface area contributed by atoms with Gasteiger partial charge in [-0.25, -0.2) is 4.98 Å². The number of hydrogen-bond donors (Lipinski definition) is 2. The zero-order chi connectivity index (χ0) is 32.8. The predicted molar refractivity (Wildman–Crippen MR) is 197 cm³/mol. The first kappa shape index (κ1) is 29.4. The van der Waals surface area contributed by atoms with Crippen LogP contribution in [-0.4, -0.2) is 4.98 Å². The normalized spacial score (nSPS) is 13.4. The van der Waals surface area contributed by atoms with Crippen molar-refractivity contribution < 1.29 is 0 Å². The Kier molecular flexibility index (Phi) is 7.13. The van der Waals surface area contributed by atoms with E-state index in [0.29, 0.717) is 5.56 Å². The molecular weight excluding hydrogens is 585 g/mol. The van der Waals surface area contributed by atoms with E-state index in [4.69, 9.17) is 5.73 Å². The number of benzene rings is 6. The summed E-state index contributed by atoms with van der Waals surface area (Å²) in [7, 11) is 0. The summed E-state index contributed by atoms with van der Waals surface area (Å²) in [6, 6.07) is 51.0. The fourth-order valence-corrected chi connectivity index (χ4v) is 7.18. The number of fused-ring (bicyclic) bond motifs is 4. The zero-order valence-electron chi connectivity index (χ0n) is 26.9. The van der Waals surface area contributed by atoms with E-state index in [1.807, 2.05) is 42.6 Å². The molecule has 7 aromatic rings. The van der Waals surface area contributed by atoms with E-state index in [2.05, 4.69) is 133 Å². The van der Waals surface area contributed by atoms with Crippen LogP contribution in [0.3, 0.4) is 0 Å². The van der Waals surface area contributed by atoms with Crippen molar-refractivity contribution in [3.63, 3.8) is 0 Å². The molecule has 0 saturated heterocycles. The first-order valence-electron chi connectivity index (χ1n) is 16.3. The third-order valence-electron chi connectivity index (χ3n) is 9.79. The van der Waals surface area contributed by atoms with Crippen LogP contribution in [0.5, 0.6) is 0 Å². The van der Waals surface area contributed by atoms with E-state index in [1.165, 1.54) is 49.7 Å². The van der Waals surface area contributed by atoms with Crippen molar-refractivity contribution in [2.75, 3.05) is 5.32 Å². The molecule has 6 aromatic carbocycles. The molecule has 1 aliphatic rings. The summed E-state index contributed by atoms with van der Waals surface area (Å²) in [6.45, 7) is 4.51. The molecule has 0 saturated carbocycles. The van der Waals surface area contributed by atoms with Gasteiger partial charge in [0, 0.05) is 17.2 Å². The van der Waals surface area contributed by atoms with Gasteiger partial charge in [-0.15, -0.1) is 0 Å². The summed E-state index contributed by atoms with van der Waals surface area (Å²) in [4.78, 5) is 4.59. The number of nitriles is 1. The molecule has 0 aliphatic heterocycles. The van der Waals surface area contributed by atoms with Crippen molar-refractivity contribution in [1.29, 1.82) is 5.26 Å². The molecule has 1 aliphatic carbocycles. The van der Waals surface area contributed by atoms with Gasteiger partial charge in [0.15, 0.2) is 0 Å². The molecule has 1 unspecified atom stereocenters. The van der Waals surface area contributed by atoms with Crippen LogP contribution >= 0.6 is 0 Å². The van der Waals surface area contributed by atoms with Crippen LogP contribution in [-0.2, 0) is 5.41 Å². The lowest BCUT2D eigenvalue weighted by Crippen LogP contribution is -2.20. The molecule has 0 spiro atoms. The lowest BCUT2D eigenvalue weighted by Gasteiger charge is -2.22. The van der Waals surface area contributed by atoms with Gasteiger partial charge in [-0.2, -0.15) is 5.26 Å². The van der Waals surface area contributed by atoms with E-state index in [-0.39, 0.29) is 5.41 Å². The number of nitrogens with zero attached hydrogens (tertiary/aromatic N) is 2. The predicted octanol–water partition coefficient (Wildman–Crippen LogP) is 10.5. The zero-order valence-corrected chi connectivity index (χ0v) is 26.9. The Bertz CT molecular complexity index is 2350. The smallest absolute Gasteiger partial charge is 0.127 e. The van der Waals surface area contributed by atoms with Crippen LogP contribution in [0.2, 0.25) is 0 Å². The largest absolute Gasteiger partial charge is 0.351 e. The fraction of sp³-hybridized carbons (Fsp3) is 0.0909. The van der Waals surface area contributed by atoms with Crippen LogP contribution in [0, 0.1) is 11.3 Å². The molecule has 0 radical (unpaired) electrons. The highest BCUT2D eigenvalue weighted by Gasteiger charge is 2.35. The monoisotopic (exact) mass is 618 g/mol. The summed E-state index contributed by atoms with van der Waals surface area (Å²) in [5, 5.41) is 15.3. The molecule has 4 heteroatoms. The number of anilines is 1. The minimum absolute atomic E-state index is 0.192. The molecular formula is C44H34N4. The summed E-state index contributed by atoms with van der Waals surface area (Å²) in [5.74, 6) is 0.735. The SMILES string of the molecule is CC1(C)c2cc(C#N)ccc2-c2ccc(-c3cccc4c(-c5ccc(C(N)Nc6ccc(-c7ccccc7)cn6)cc5)cccc34)cc21. The standard InChI is InChI=1S/C44H34N4/c1-44(2)40-24-28(26-45)14-21-38(40)39-22-19-32(25-41(39)44)35-11-7-12-36-34(10-6-13-37(35)36)30-15-17-31(18-16-30)43(46)48-42-23-20-33(27-47-42)29-8-4-3-5-9-29/h3-25,27,43H,46H2,1-2H3,(H,47,48). The second-order valence-corrected chi connectivity index (χ2v) is 13.0. The second kappa shape index (κ2) is 11.7. The summed E-state index contributed by atoms with van der Waals surface area (Å²) in [5.41, 5.74) is 20.0. The molecule has 0 bridgehead atoms. The van der Waals surface area contributed by atoms with Gasteiger partial charge in [-0.05, 0) is 96.7 Å². The van der Waals surface area contributed by atoms with E-state index in [0.717, 1.165) is 28.1 Å². The van der Waals surface area contributed by atoms with Gasteiger partial charge in [0.05, 0.1) is 11.6 Å². The molecule has 230 valence electrons. The highest BCUT2D eigenvalue weighted by atomic mass is 15.1. The maximum absolute atomic E-state index is 9.52. The Balaban J connectivity index is 1.07. The topological polar surface area (TPSA) is 74.7 Å². The average Bonchev–Trinajstić information content (AvgIpc) is 3.36. The van der Waals surface area contributed by atoms with Crippen LogP contribution < -0.4 is 11.1 Å². The van der Waals surface area contributed by atoms with Crippen molar-refractivity contribution in [2.45, 2.75) is 25.4 Å². The first-order valence-corrected chi connectivity index (χ1v) is 16.3. The number of rotatable bonds is 6. The number of pyridine rings is 1. The summed E-state index contributed by atoms with van der Waals surface area (Å²) < 4.78 is 0. The number of hydrogen-bond acceptors (Lipinski definition) is 4. The van der Waals surface area contributed by atoms with E-state index < -0.39 is 6.17 Å². The molecule has 1 atom stereocenters. The minimum atomic E-state index is -0.394. The van der Waals surface area contributed by atoms with Gasteiger partial charge < -0.3 is 11.1 Å². The van der Waals surface area contributed by atoms with E-state index >= 15 is 0 Å². The molecule has 1 heterocycles. The van der Waals surface area contributed by atoms with E-state index in [1.54, 1.807) is 0 Å². The van der Waals surface area contributed by atoms with Crippen molar-refractivity contribution in [1.82, 2.24) is 4.98 Å². The van der Waals surface area contributed by atoms with Crippen LogP contribution in [0.4, 0.5) is 5.82 Å². The lowest BCUT2D eigenvalue weighted by atomic mass is 9.81. The molecule has 0 amide bonds. The Morgan fingerprint density at radius 2 is 1.23 bits per heavy atom. The van der Waals surface area contributed by atoms with Crippen LogP contribution in [0.1, 0.15) is 42.3 Å². The Labute approximate surface area is 281 Å². The highest BCUT2D eigenvalue weighted by Crippen LogP contribution is 2.50. The maximum atomic E-state index is 9.52. The molecule has 48 heavy (non-hydrogen) atoms. The molecule has 8 rings (SSSR count). The number of nitrogens with one attached hydrogen (secondary N) is 1. The van der Waals surface area contributed by atoms with Gasteiger partial charge in [0.25, 0.3) is 0 Å². The minimum Gasteiger partial charge on any atom is -0.351 e. The maximum Gasteiger partial charge on any atom is 0.127 e. The van der Waals surface area contributed by atoms with Crippen molar-refractivity contribution in [2.24, 2.45) is 5.73 Å². The number of aromatic nitrogens is 1.